The predicted octanol–water partition coefficient (Wildman–Crippen LogP) is 4.39. The highest BCUT2D eigenvalue weighted by atomic mass is 32.1. The molecule has 4 rings (SSSR count). The molecule has 1 heterocycles. The third-order valence-electron chi connectivity index (χ3n) is 5.23. The van der Waals surface area contributed by atoms with Gasteiger partial charge in [-0.05, 0) is 44.0 Å². The minimum atomic E-state index is -0.372. The van der Waals surface area contributed by atoms with Crippen molar-refractivity contribution in [2.75, 3.05) is 24.9 Å². The topological polar surface area (TPSA) is 89.6 Å². The summed E-state index contributed by atoms with van der Waals surface area (Å²) in [5, 5.41) is 6.29. The Morgan fingerprint density at radius 1 is 1.06 bits per heavy atom. The Morgan fingerprint density at radius 3 is 2.55 bits per heavy atom. The lowest BCUT2D eigenvalue weighted by Gasteiger charge is -2.14. The zero-order chi connectivity index (χ0) is 22.0. The number of nitrogens with zero attached hydrogens (tertiary/aromatic N) is 1. The Balaban J connectivity index is 1.47. The zero-order valence-electron chi connectivity index (χ0n) is 17.5. The smallest absolute Gasteiger partial charge is 0.257 e. The van der Waals surface area contributed by atoms with Gasteiger partial charge in [0.1, 0.15) is 11.5 Å². The van der Waals surface area contributed by atoms with Gasteiger partial charge in [0.25, 0.3) is 5.91 Å². The quantitative estimate of drug-likeness (QED) is 0.597. The first-order chi connectivity index (χ1) is 15.0. The van der Waals surface area contributed by atoms with E-state index < -0.39 is 0 Å². The van der Waals surface area contributed by atoms with E-state index in [1.165, 1.54) is 11.3 Å². The average molecular weight is 438 g/mol. The van der Waals surface area contributed by atoms with Crippen LogP contribution in [-0.2, 0) is 11.2 Å². The summed E-state index contributed by atoms with van der Waals surface area (Å²) in [6.45, 7) is 1.97. The minimum absolute atomic E-state index is 0.149. The van der Waals surface area contributed by atoms with Crippen molar-refractivity contribution in [3.63, 3.8) is 0 Å². The lowest BCUT2D eigenvalue weighted by atomic mass is 10.1. The summed E-state index contributed by atoms with van der Waals surface area (Å²) in [4.78, 5) is 31.0. The summed E-state index contributed by atoms with van der Waals surface area (Å²) in [5.41, 5.74) is 2.97. The number of hydrogen-bond donors (Lipinski definition) is 2. The Kier molecular flexibility index (Phi) is 5.90. The van der Waals surface area contributed by atoms with Gasteiger partial charge in [0, 0.05) is 16.5 Å². The molecule has 1 aromatic heterocycles. The number of fused-ring (bicyclic) bond motifs is 1. The van der Waals surface area contributed by atoms with Crippen LogP contribution in [0.5, 0.6) is 11.5 Å². The van der Waals surface area contributed by atoms with Crippen LogP contribution in [0.1, 0.15) is 38.8 Å². The van der Waals surface area contributed by atoms with Crippen molar-refractivity contribution < 1.29 is 19.1 Å². The van der Waals surface area contributed by atoms with Crippen molar-refractivity contribution in [3.05, 3.63) is 64.2 Å². The van der Waals surface area contributed by atoms with E-state index in [1.54, 1.807) is 44.6 Å². The van der Waals surface area contributed by atoms with E-state index >= 15 is 0 Å². The lowest BCUT2D eigenvalue weighted by Crippen LogP contribution is -2.20. The number of ether oxygens (including phenoxy) is 2. The number of rotatable bonds is 6. The molecule has 0 saturated heterocycles. The van der Waals surface area contributed by atoms with Gasteiger partial charge in [-0.1, -0.05) is 17.7 Å². The monoisotopic (exact) mass is 437 g/mol. The number of hydrogen-bond acceptors (Lipinski definition) is 6. The zero-order valence-corrected chi connectivity index (χ0v) is 18.3. The van der Waals surface area contributed by atoms with Crippen LogP contribution in [0.25, 0.3) is 0 Å². The molecule has 1 aliphatic rings. The molecule has 0 aliphatic heterocycles. The van der Waals surface area contributed by atoms with Crippen LogP contribution < -0.4 is 20.1 Å². The van der Waals surface area contributed by atoms with E-state index in [9.17, 15) is 9.59 Å². The molecule has 0 saturated carbocycles. The summed E-state index contributed by atoms with van der Waals surface area (Å²) in [5.74, 6) is 0.435. The largest absolute Gasteiger partial charge is 0.497 e. The molecule has 8 heteroatoms. The van der Waals surface area contributed by atoms with E-state index in [-0.39, 0.29) is 17.7 Å². The molecule has 7 nitrogen and oxygen atoms in total. The Bertz CT molecular complexity index is 1120. The van der Waals surface area contributed by atoms with Gasteiger partial charge in [-0.25, -0.2) is 4.98 Å². The van der Waals surface area contributed by atoms with Crippen molar-refractivity contribution in [1.29, 1.82) is 0 Å². The summed E-state index contributed by atoms with van der Waals surface area (Å²) < 4.78 is 10.6. The third kappa shape index (κ3) is 4.39. The minimum Gasteiger partial charge on any atom is -0.497 e. The van der Waals surface area contributed by atoms with Crippen LogP contribution >= 0.6 is 11.3 Å². The molecule has 2 amide bonds. The van der Waals surface area contributed by atoms with Crippen LogP contribution in [-0.4, -0.2) is 31.0 Å². The molecule has 160 valence electrons. The van der Waals surface area contributed by atoms with Gasteiger partial charge in [-0.3, -0.25) is 14.9 Å². The fraction of sp³-hybridized carbons (Fsp3) is 0.261. The second kappa shape index (κ2) is 8.77. The Morgan fingerprint density at radius 2 is 1.84 bits per heavy atom. The van der Waals surface area contributed by atoms with Crippen molar-refractivity contribution >= 4 is 34.0 Å². The molecule has 3 aromatic rings. The maximum absolute atomic E-state index is 13.0. The molecule has 0 spiro atoms. The molecule has 0 radical (unpaired) electrons. The Hall–Kier alpha value is -3.39. The molecule has 2 N–H and O–H groups in total. The van der Waals surface area contributed by atoms with Gasteiger partial charge < -0.3 is 14.8 Å². The summed E-state index contributed by atoms with van der Waals surface area (Å²) in [6, 6.07) is 12.6. The van der Waals surface area contributed by atoms with Gasteiger partial charge in [-0.2, -0.15) is 0 Å². The van der Waals surface area contributed by atoms with E-state index in [2.05, 4.69) is 15.6 Å². The van der Waals surface area contributed by atoms with Crippen molar-refractivity contribution in [1.82, 2.24) is 4.98 Å². The molecule has 1 aliphatic carbocycles. The molecule has 31 heavy (non-hydrogen) atoms. The molecule has 1 atom stereocenters. The number of thiazole rings is 1. The lowest BCUT2D eigenvalue weighted by molar-refractivity contribution is -0.117. The van der Waals surface area contributed by atoms with E-state index in [4.69, 9.17) is 9.47 Å². The highest BCUT2D eigenvalue weighted by Gasteiger charge is 2.33. The van der Waals surface area contributed by atoms with Crippen molar-refractivity contribution in [2.24, 2.45) is 0 Å². The van der Waals surface area contributed by atoms with Crippen molar-refractivity contribution in [3.8, 4) is 11.5 Å². The molecule has 1 unspecified atom stereocenters. The summed E-state index contributed by atoms with van der Waals surface area (Å²) >= 11 is 1.42. The molecule has 2 aromatic carbocycles. The van der Waals surface area contributed by atoms with Gasteiger partial charge >= 0.3 is 0 Å². The number of benzene rings is 2. The number of aromatic nitrogens is 1. The number of methoxy groups -OCH3 is 2. The standard InChI is InChI=1S/C23H23N3O4S/c1-13-4-6-14(7-5-13)21(27)26-23-25-20-16(9-11-19(20)31-23)22(28)24-17-10-8-15(29-2)12-18(17)30-3/h4-8,10,12,16H,9,11H2,1-3H3,(H,24,28)(H,25,26,27). The SMILES string of the molecule is COc1ccc(NC(=O)C2CCc3sc(NC(=O)c4ccc(C)cc4)nc32)c(OC)c1. The maximum atomic E-state index is 13.0. The van der Waals surface area contributed by atoms with Crippen LogP contribution in [0.3, 0.4) is 0 Å². The summed E-state index contributed by atoms with van der Waals surface area (Å²) in [6.07, 6.45) is 1.44. The number of nitrogens with one attached hydrogen (secondary N) is 2. The van der Waals surface area contributed by atoms with Crippen LogP contribution in [0.4, 0.5) is 10.8 Å². The number of carbonyl (C=O) groups excluding carboxylic acids is 2. The molecule has 0 bridgehead atoms. The first-order valence-corrected chi connectivity index (χ1v) is 10.7. The van der Waals surface area contributed by atoms with Crippen LogP contribution in [0, 0.1) is 6.92 Å². The fourth-order valence-corrected chi connectivity index (χ4v) is 4.57. The normalized spacial score (nSPS) is 14.6. The predicted molar refractivity (Wildman–Crippen MR) is 120 cm³/mol. The van der Waals surface area contributed by atoms with Crippen molar-refractivity contribution in [2.45, 2.75) is 25.7 Å². The van der Waals surface area contributed by atoms with E-state index in [0.29, 0.717) is 34.3 Å². The second-order valence-corrected chi connectivity index (χ2v) is 8.38. The molecular formula is C23H23N3O4S. The third-order valence-corrected chi connectivity index (χ3v) is 6.28. The number of aryl methyl sites for hydroxylation is 2. The Labute approximate surface area is 184 Å². The summed E-state index contributed by atoms with van der Waals surface area (Å²) in [7, 11) is 3.12. The first kappa shape index (κ1) is 20.9. The highest BCUT2D eigenvalue weighted by molar-refractivity contribution is 7.16. The first-order valence-electron chi connectivity index (χ1n) is 9.89. The van der Waals surface area contributed by atoms with Crippen LogP contribution in [0.15, 0.2) is 42.5 Å². The van der Waals surface area contributed by atoms with Gasteiger partial charge in [0.05, 0.1) is 31.5 Å². The number of carbonyl (C=O) groups is 2. The van der Waals surface area contributed by atoms with E-state index in [0.717, 1.165) is 22.6 Å². The average Bonchev–Trinajstić information content (AvgIpc) is 3.34. The van der Waals surface area contributed by atoms with Gasteiger partial charge in [0.15, 0.2) is 5.13 Å². The maximum Gasteiger partial charge on any atom is 0.257 e. The van der Waals surface area contributed by atoms with E-state index in [1.807, 2.05) is 19.1 Å². The number of anilines is 2. The molecule has 0 fully saturated rings. The second-order valence-electron chi connectivity index (χ2n) is 7.29. The highest BCUT2D eigenvalue weighted by Crippen LogP contribution is 2.39. The van der Waals surface area contributed by atoms with Gasteiger partial charge in [0.2, 0.25) is 5.91 Å². The van der Waals surface area contributed by atoms with Gasteiger partial charge in [-0.15, -0.1) is 11.3 Å². The van der Waals surface area contributed by atoms with Crippen LogP contribution in [0.2, 0.25) is 0 Å². The number of amides is 2. The fourth-order valence-electron chi connectivity index (χ4n) is 3.53. The molecular weight excluding hydrogens is 414 g/mol.